The molecule has 1 fully saturated rings. The van der Waals surface area contributed by atoms with E-state index >= 15 is 0 Å². The van der Waals surface area contributed by atoms with Crippen molar-refractivity contribution in [2.75, 3.05) is 18.0 Å². The van der Waals surface area contributed by atoms with E-state index in [9.17, 15) is 14.9 Å². The summed E-state index contributed by atoms with van der Waals surface area (Å²) in [5.41, 5.74) is 0.961. The van der Waals surface area contributed by atoms with Crippen molar-refractivity contribution in [1.82, 2.24) is 5.32 Å². The molecule has 1 aromatic rings. The zero-order valence-electron chi connectivity index (χ0n) is 14.0. The van der Waals surface area contributed by atoms with Crippen molar-refractivity contribution in [3.63, 3.8) is 0 Å². The van der Waals surface area contributed by atoms with Gasteiger partial charge in [-0.05, 0) is 44.2 Å². The number of benzene rings is 1. The van der Waals surface area contributed by atoms with E-state index in [1.165, 1.54) is 6.07 Å². The minimum absolute atomic E-state index is 0.0101. The Bertz CT molecular complexity index is 588. The second-order valence-electron chi connectivity index (χ2n) is 6.44. The molecule has 1 aromatic carbocycles. The number of piperidine rings is 1. The molecule has 1 aliphatic heterocycles. The highest BCUT2D eigenvalue weighted by Crippen LogP contribution is 2.32. The van der Waals surface area contributed by atoms with Crippen LogP contribution in [0.4, 0.5) is 11.4 Å². The summed E-state index contributed by atoms with van der Waals surface area (Å²) in [5, 5.41) is 14.3. The number of rotatable bonds is 5. The first-order chi connectivity index (χ1) is 10.9. The van der Waals surface area contributed by atoms with Crippen LogP contribution in [0, 0.1) is 16.0 Å². The van der Waals surface area contributed by atoms with Crippen LogP contribution in [0.1, 0.15) is 50.4 Å². The fraction of sp³-hybridized carbons (Fsp3) is 0.588. The Labute approximate surface area is 137 Å². The lowest BCUT2D eigenvalue weighted by molar-refractivity contribution is -0.384. The third-order valence-corrected chi connectivity index (χ3v) is 4.42. The molecule has 1 N–H and O–H groups in total. The number of amides is 1. The number of hydrogen-bond acceptors (Lipinski definition) is 4. The molecule has 2 unspecified atom stereocenters. The molecule has 0 radical (unpaired) electrons. The minimum Gasteiger partial charge on any atom is -0.366 e. The smallest absolute Gasteiger partial charge is 0.293 e. The third-order valence-electron chi connectivity index (χ3n) is 4.42. The molecule has 6 heteroatoms. The summed E-state index contributed by atoms with van der Waals surface area (Å²) in [7, 11) is 0. The molecule has 23 heavy (non-hydrogen) atoms. The zero-order chi connectivity index (χ0) is 17.0. The highest BCUT2D eigenvalue weighted by molar-refractivity contribution is 5.96. The van der Waals surface area contributed by atoms with Gasteiger partial charge in [0.05, 0.1) is 4.92 Å². The summed E-state index contributed by atoms with van der Waals surface area (Å²) in [6.07, 6.45) is 3.01. The maximum atomic E-state index is 12.2. The van der Waals surface area contributed by atoms with Gasteiger partial charge in [-0.1, -0.05) is 13.8 Å². The van der Waals surface area contributed by atoms with Gasteiger partial charge in [-0.15, -0.1) is 0 Å². The zero-order valence-corrected chi connectivity index (χ0v) is 14.0. The van der Waals surface area contributed by atoms with Gasteiger partial charge in [0.15, 0.2) is 0 Å². The van der Waals surface area contributed by atoms with Crippen molar-refractivity contribution in [2.24, 2.45) is 5.92 Å². The first kappa shape index (κ1) is 17.2. The molecule has 0 aromatic heterocycles. The average Bonchev–Trinajstić information content (AvgIpc) is 2.54. The van der Waals surface area contributed by atoms with Gasteiger partial charge >= 0.3 is 0 Å². The van der Waals surface area contributed by atoms with Gasteiger partial charge in [0.1, 0.15) is 5.69 Å². The van der Waals surface area contributed by atoms with Crippen molar-refractivity contribution >= 4 is 17.3 Å². The maximum absolute atomic E-state index is 12.2. The Kier molecular flexibility index (Phi) is 5.58. The van der Waals surface area contributed by atoms with Crippen LogP contribution in [0.2, 0.25) is 0 Å². The Balaban J connectivity index is 2.28. The molecule has 126 valence electrons. The minimum atomic E-state index is -0.394. The van der Waals surface area contributed by atoms with Crippen LogP contribution in [0.3, 0.4) is 0 Å². The summed E-state index contributed by atoms with van der Waals surface area (Å²) in [5.74, 6) is 0.262. The van der Waals surface area contributed by atoms with Crippen LogP contribution in [-0.4, -0.2) is 30.0 Å². The monoisotopic (exact) mass is 319 g/mol. The number of nitro groups is 1. The van der Waals surface area contributed by atoms with Crippen LogP contribution in [0.25, 0.3) is 0 Å². The Morgan fingerprint density at radius 3 is 2.87 bits per heavy atom. The molecule has 0 spiro atoms. The van der Waals surface area contributed by atoms with Crippen molar-refractivity contribution in [3.05, 3.63) is 33.9 Å². The van der Waals surface area contributed by atoms with Gasteiger partial charge in [-0.3, -0.25) is 14.9 Å². The van der Waals surface area contributed by atoms with Gasteiger partial charge in [0.25, 0.3) is 11.6 Å². The van der Waals surface area contributed by atoms with Crippen molar-refractivity contribution in [1.29, 1.82) is 0 Å². The number of hydrogen-bond donors (Lipinski definition) is 1. The number of anilines is 1. The van der Waals surface area contributed by atoms with E-state index in [1.807, 2.05) is 13.8 Å². The predicted octanol–water partition coefficient (Wildman–Crippen LogP) is 3.36. The molecule has 1 amide bonds. The van der Waals surface area contributed by atoms with E-state index < -0.39 is 4.92 Å². The second-order valence-corrected chi connectivity index (χ2v) is 6.44. The van der Waals surface area contributed by atoms with Crippen molar-refractivity contribution in [3.8, 4) is 0 Å². The molecule has 1 heterocycles. The summed E-state index contributed by atoms with van der Waals surface area (Å²) in [6, 6.07) is 4.83. The quantitative estimate of drug-likeness (QED) is 0.667. The lowest BCUT2D eigenvalue weighted by Crippen LogP contribution is -2.35. The average molecular weight is 319 g/mol. The summed E-state index contributed by atoms with van der Waals surface area (Å²) in [4.78, 5) is 25.3. The molecule has 2 rings (SSSR count). The maximum Gasteiger partial charge on any atom is 0.293 e. The number of carbonyl (C=O) groups is 1. The number of nitrogens with zero attached hydrogens (tertiary/aromatic N) is 2. The van der Waals surface area contributed by atoms with Crippen molar-refractivity contribution in [2.45, 2.75) is 46.1 Å². The van der Waals surface area contributed by atoms with Gasteiger partial charge in [-0.25, -0.2) is 0 Å². The van der Waals surface area contributed by atoms with Gasteiger partial charge in [0.2, 0.25) is 0 Å². The van der Waals surface area contributed by atoms with Crippen LogP contribution in [0.15, 0.2) is 18.2 Å². The molecule has 0 bridgehead atoms. The normalized spacial score (nSPS) is 19.3. The molecule has 2 atom stereocenters. The standard InChI is InChI=1S/C17H25N3O3/c1-4-13(3)18-17(21)14-7-8-15(16(10-14)20(22)23)19-9-5-6-12(2)11-19/h7-8,10,12-13H,4-6,9,11H2,1-3H3,(H,18,21). The molecule has 0 saturated carbocycles. The number of nitro benzene ring substituents is 1. The highest BCUT2D eigenvalue weighted by atomic mass is 16.6. The molecular formula is C17H25N3O3. The third kappa shape index (κ3) is 4.21. The van der Waals surface area contributed by atoms with Crippen LogP contribution >= 0.6 is 0 Å². The van der Waals surface area contributed by atoms with Crippen molar-refractivity contribution < 1.29 is 9.72 Å². The first-order valence-corrected chi connectivity index (χ1v) is 8.26. The Hall–Kier alpha value is -2.11. The van der Waals surface area contributed by atoms with E-state index in [0.717, 1.165) is 32.4 Å². The van der Waals surface area contributed by atoms with Crippen LogP contribution < -0.4 is 10.2 Å². The van der Waals surface area contributed by atoms with Gasteiger partial charge in [-0.2, -0.15) is 0 Å². The van der Waals surface area contributed by atoms with E-state index in [2.05, 4.69) is 17.1 Å². The van der Waals surface area contributed by atoms with E-state index in [4.69, 9.17) is 0 Å². The molecular weight excluding hydrogens is 294 g/mol. The van der Waals surface area contributed by atoms with Gasteiger partial charge < -0.3 is 10.2 Å². The lowest BCUT2D eigenvalue weighted by Gasteiger charge is -2.32. The fourth-order valence-electron chi connectivity index (χ4n) is 2.90. The van der Waals surface area contributed by atoms with Crippen LogP contribution in [0.5, 0.6) is 0 Å². The Morgan fingerprint density at radius 1 is 1.52 bits per heavy atom. The second kappa shape index (κ2) is 7.44. The van der Waals surface area contributed by atoms with Gasteiger partial charge in [0, 0.05) is 30.8 Å². The highest BCUT2D eigenvalue weighted by Gasteiger charge is 2.25. The van der Waals surface area contributed by atoms with Crippen LogP contribution in [-0.2, 0) is 0 Å². The first-order valence-electron chi connectivity index (χ1n) is 8.26. The fourth-order valence-corrected chi connectivity index (χ4v) is 2.90. The SMILES string of the molecule is CCC(C)NC(=O)c1ccc(N2CCCC(C)C2)c([N+](=O)[O-])c1. The largest absolute Gasteiger partial charge is 0.366 e. The summed E-state index contributed by atoms with van der Waals surface area (Å²) >= 11 is 0. The molecule has 0 aliphatic carbocycles. The molecule has 1 saturated heterocycles. The lowest BCUT2D eigenvalue weighted by atomic mass is 9.99. The number of carbonyl (C=O) groups excluding carboxylic acids is 1. The predicted molar refractivity (Wildman–Crippen MR) is 90.9 cm³/mol. The summed E-state index contributed by atoms with van der Waals surface area (Å²) < 4.78 is 0. The van der Waals surface area contributed by atoms with E-state index in [0.29, 0.717) is 17.2 Å². The molecule has 6 nitrogen and oxygen atoms in total. The Morgan fingerprint density at radius 2 is 2.26 bits per heavy atom. The molecule has 1 aliphatic rings. The topological polar surface area (TPSA) is 75.5 Å². The number of nitrogens with one attached hydrogen (secondary N) is 1. The van der Waals surface area contributed by atoms with E-state index in [1.54, 1.807) is 12.1 Å². The summed E-state index contributed by atoms with van der Waals surface area (Å²) in [6.45, 7) is 7.69. The van der Waals surface area contributed by atoms with E-state index in [-0.39, 0.29) is 17.6 Å².